The largest absolute Gasteiger partial charge is 0.490 e. The van der Waals surface area contributed by atoms with Gasteiger partial charge in [-0.2, -0.15) is 0 Å². The minimum absolute atomic E-state index is 0.330. The SMILES string of the molecule is CCOc1cc(F)c(C2(C)OCCO2)cc1OCC. The summed E-state index contributed by atoms with van der Waals surface area (Å²) in [6.07, 6.45) is 0. The van der Waals surface area contributed by atoms with Crippen molar-refractivity contribution in [2.75, 3.05) is 26.4 Å². The minimum atomic E-state index is -1.05. The molecule has 2 rings (SSSR count). The summed E-state index contributed by atoms with van der Waals surface area (Å²) >= 11 is 0. The van der Waals surface area contributed by atoms with Crippen molar-refractivity contribution in [2.24, 2.45) is 0 Å². The Bertz CT molecular complexity index is 441. The van der Waals surface area contributed by atoms with Crippen molar-refractivity contribution in [1.29, 1.82) is 0 Å². The molecule has 0 amide bonds. The zero-order chi connectivity index (χ0) is 13.9. The maximum Gasteiger partial charge on any atom is 0.195 e. The van der Waals surface area contributed by atoms with Crippen LogP contribution >= 0.6 is 0 Å². The minimum Gasteiger partial charge on any atom is -0.490 e. The third-order valence-corrected chi connectivity index (χ3v) is 2.96. The van der Waals surface area contributed by atoms with E-state index in [2.05, 4.69) is 0 Å². The Morgan fingerprint density at radius 2 is 1.63 bits per heavy atom. The molecule has 106 valence electrons. The van der Waals surface area contributed by atoms with Gasteiger partial charge in [0.15, 0.2) is 17.3 Å². The fraction of sp³-hybridized carbons (Fsp3) is 0.571. The molecule has 0 saturated carbocycles. The zero-order valence-electron chi connectivity index (χ0n) is 11.5. The maximum absolute atomic E-state index is 14.2. The predicted octanol–water partition coefficient (Wildman–Crippen LogP) is 2.84. The number of benzene rings is 1. The molecule has 0 aliphatic carbocycles. The van der Waals surface area contributed by atoms with Crippen LogP contribution in [0.15, 0.2) is 12.1 Å². The Morgan fingerprint density at radius 3 is 2.16 bits per heavy atom. The molecular formula is C14H19FO4. The van der Waals surface area contributed by atoms with E-state index in [-0.39, 0.29) is 0 Å². The van der Waals surface area contributed by atoms with Crippen molar-refractivity contribution in [2.45, 2.75) is 26.6 Å². The van der Waals surface area contributed by atoms with E-state index >= 15 is 0 Å². The van der Waals surface area contributed by atoms with E-state index in [1.165, 1.54) is 6.07 Å². The van der Waals surface area contributed by atoms with Crippen LogP contribution in [-0.2, 0) is 15.3 Å². The molecule has 4 nitrogen and oxygen atoms in total. The molecule has 1 fully saturated rings. The maximum atomic E-state index is 14.2. The van der Waals surface area contributed by atoms with Gasteiger partial charge in [0, 0.05) is 6.07 Å². The molecule has 0 N–H and O–H groups in total. The van der Waals surface area contributed by atoms with Crippen LogP contribution in [0.5, 0.6) is 11.5 Å². The lowest BCUT2D eigenvalue weighted by Crippen LogP contribution is -2.24. The first kappa shape index (κ1) is 14.1. The molecule has 0 aromatic heterocycles. The van der Waals surface area contributed by atoms with Gasteiger partial charge in [0.05, 0.1) is 32.0 Å². The van der Waals surface area contributed by atoms with E-state index in [0.29, 0.717) is 43.5 Å². The molecule has 5 heteroatoms. The first-order chi connectivity index (χ1) is 9.10. The topological polar surface area (TPSA) is 36.9 Å². The van der Waals surface area contributed by atoms with Gasteiger partial charge in [0.1, 0.15) is 5.82 Å². The van der Waals surface area contributed by atoms with Crippen molar-refractivity contribution in [3.05, 3.63) is 23.5 Å². The van der Waals surface area contributed by atoms with E-state index in [0.717, 1.165) is 0 Å². The van der Waals surface area contributed by atoms with Gasteiger partial charge in [-0.3, -0.25) is 0 Å². The lowest BCUT2D eigenvalue weighted by Gasteiger charge is -2.24. The van der Waals surface area contributed by atoms with Crippen LogP contribution in [0.1, 0.15) is 26.3 Å². The quantitative estimate of drug-likeness (QED) is 0.824. The highest BCUT2D eigenvalue weighted by Crippen LogP contribution is 2.38. The molecule has 0 atom stereocenters. The molecule has 0 spiro atoms. The van der Waals surface area contributed by atoms with Crippen LogP contribution < -0.4 is 9.47 Å². The highest BCUT2D eigenvalue weighted by Gasteiger charge is 2.36. The average Bonchev–Trinajstić information content (AvgIpc) is 2.81. The summed E-state index contributed by atoms with van der Waals surface area (Å²) in [6.45, 7) is 7.23. The number of halogens is 1. The number of hydrogen-bond acceptors (Lipinski definition) is 4. The van der Waals surface area contributed by atoms with Gasteiger partial charge in [-0.1, -0.05) is 0 Å². The molecule has 0 unspecified atom stereocenters. The van der Waals surface area contributed by atoms with Gasteiger partial charge >= 0.3 is 0 Å². The molecule has 0 bridgehead atoms. The Kier molecular flexibility index (Phi) is 4.27. The molecule has 19 heavy (non-hydrogen) atoms. The van der Waals surface area contributed by atoms with E-state index < -0.39 is 11.6 Å². The second kappa shape index (κ2) is 5.75. The predicted molar refractivity (Wildman–Crippen MR) is 68.0 cm³/mol. The molecule has 1 aliphatic rings. The standard InChI is InChI=1S/C14H19FO4/c1-4-16-12-8-10(14(3)18-6-7-19-14)11(15)9-13(12)17-5-2/h8-9H,4-7H2,1-3H3. The smallest absolute Gasteiger partial charge is 0.195 e. The summed E-state index contributed by atoms with van der Waals surface area (Å²) in [5.41, 5.74) is 0.330. The summed E-state index contributed by atoms with van der Waals surface area (Å²) in [5.74, 6) is -0.578. The number of ether oxygens (including phenoxy) is 4. The van der Waals surface area contributed by atoms with Crippen LogP contribution in [0.3, 0.4) is 0 Å². The van der Waals surface area contributed by atoms with Gasteiger partial charge in [-0.05, 0) is 26.8 Å². The zero-order valence-corrected chi connectivity index (χ0v) is 11.5. The van der Waals surface area contributed by atoms with E-state index in [1.54, 1.807) is 13.0 Å². The highest BCUT2D eigenvalue weighted by atomic mass is 19.1. The van der Waals surface area contributed by atoms with Crippen LogP contribution in [0.2, 0.25) is 0 Å². The number of rotatable bonds is 5. The van der Waals surface area contributed by atoms with Crippen molar-refractivity contribution < 1.29 is 23.3 Å². The van der Waals surface area contributed by atoms with Crippen molar-refractivity contribution >= 4 is 0 Å². The third-order valence-electron chi connectivity index (χ3n) is 2.96. The van der Waals surface area contributed by atoms with Crippen molar-refractivity contribution in [1.82, 2.24) is 0 Å². The van der Waals surface area contributed by atoms with E-state index in [1.807, 2.05) is 13.8 Å². The normalized spacial score (nSPS) is 17.5. The fourth-order valence-corrected chi connectivity index (χ4v) is 2.09. The lowest BCUT2D eigenvalue weighted by atomic mass is 10.1. The summed E-state index contributed by atoms with van der Waals surface area (Å²) in [6, 6.07) is 2.91. The summed E-state index contributed by atoms with van der Waals surface area (Å²) < 4.78 is 36.0. The van der Waals surface area contributed by atoms with Gasteiger partial charge in [-0.25, -0.2) is 4.39 Å². The molecule has 0 radical (unpaired) electrons. The van der Waals surface area contributed by atoms with E-state index in [4.69, 9.17) is 18.9 Å². The average molecular weight is 270 g/mol. The Hall–Kier alpha value is -1.33. The molecule has 1 saturated heterocycles. The van der Waals surface area contributed by atoms with Gasteiger partial charge in [0.2, 0.25) is 0 Å². The first-order valence-corrected chi connectivity index (χ1v) is 6.48. The summed E-state index contributed by atoms with van der Waals surface area (Å²) in [7, 11) is 0. The van der Waals surface area contributed by atoms with E-state index in [9.17, 15) is 4.39 Å². The van der Waals surface area contributed by atoms with Gasteiger partial charge in [-0.15, -0.1) is 0 Å². The second-order valence-corrected chi connectivity index (χ2v) is 4.29. The Morgan fingerprint density at radius 1 is 1.11 bits per heavy atom. The molecule has 1 heterocycles. The first-order valence-electron chi connectivity index (χ1n) is 6.48. The Labute approximate surface area is 112 Å². The monoisotopic (exact) mass is 270 g/mol. The molecule has 1 aromatic rings. The third kappa shape index (κ3) is 2.82. The molecule has 1 aromatic carbocycles. The molecular weight excluding hydrogens is 251 g/mol. The molecule has 1 aliphatic heterocycles. The van der Waals surface area contributed by atoms with Crippen molar-refractivity contribution in [3.8, 4) is 11.5 Å². The second-order valence-electron chi connectivity index (χ2n) is 4.29. The van der Waals surface area contributed by atoms with Crippen LogP contribution in [0.4, 0.5) is 4.39 Å². The lowest BCUT2D eigenvalue weighted by molar-refractivity contribution is -0.151. The van der Waals surface area contributed by atoms with Gasteiger partial charge in [0.25, 0.3) is 0 Å². The number of hydrogen-bond donors (Lipinski definition) is 0. The van der Waals surface area contributed by atoms with Crippen LogP contribution in [-0.4, -0.2) is 26.4 Å². The van der Waals surface area contributed by atoms with Crippen LogP contribution in [0, 0.1) is 5.82 Å². The van der Waals surface area contributed by atoms with Crippen molar-refractivity contribution in [3.63, 3.8) is 0 Å². The Balaban J connectivity index is 2.41. The van der Waals surface area contributed by atoms with Gasteiger partial charge < -0.3 is 18.9 Å². The summed E-state index contributed by atoms with van der Waals surface area (Å²) in [5, 5.41) is 0. The summed E-state index contributed by atoms with van der Waals surface area (Å²) in [4.78, 5) is 0. The fourth-order valence-electron chi connectivity index (χ4n) is 2.09. The van der Waals surface area contributed by atoms with Crippen LogP contribution in [0.25, 0.3) is 0 Å². The highest BCUT2D eigenvalue weighted by molar-refractivity contribution is 5.45.